The average molecular weight is 331 g/mol. The summed E-state index contributed by atoms with van der Waals surface area (Å²) in [5, 5.41) is 10.8. The third kappa shape index (κ3) is 3.61. The standard InChI is InChI=1S/C19H25NO4/c1-13-4-3-5-14(10-13)12-19(23)6-8-20(9-7-19)17(21)15-11-16(15)18(22)24-2/h3-5,10,15-16,23H,6-9,11-12H2,1-2H3. The molecule has 130 valence electrons. The van der Waals surface area contributed by atoms with E-state index in [2.05, 4.69) is 6.07 Å². The molecule has 3 rings (SSSR count). The van der Waals surface area contributed by atoms with E-state index in [0.29, 0.717) is 38.8 Å². The van der Waals surface area contributed by atoms with Crippen molar-refractivity contribution in [3.8, 4) is 0 Å². The molecule has 1 saturated heterocycles. The van der Waals surface area contributed by atoms with E-state index < -0.39 is 5.60 Å². The third-order valence-electron chi connectivity index (χ3n) is 5.23. The molecule has 2 unspecified atom stereocenters. The first kappa shape index (κ1) is 17.0. The summed E-state index contributed by atoms with van der Waals surface area (Å²) in [6.07, 6.45) is 2.35. The third-order valence-corrected chi connectivity index (χ3v) is 5.23. The van der Waals surface area contributed by atoms with Gasteiger partial charge in [0.1, 0.15) is 0 Å². The number of aryl methyl sites for hydroxylation is 1. The Kier molecular flexibility index (Phi) is 4.63. The Balaban J connectivity index is 1.54. The van der Waals surface area contributed by atoms with Crippen LogP contribution in [0.25, 0.3) is 0 Å². The number of carbonyl (C=O) groups is 2. The van der Waals surface area contributed by atoms with Gasteiger partial charge in [-0.25, -0.2) is 0 Å². The maximum atomic E-state index is 12.4. The van der Waals surface area contributed by atoms with Gasteiger partial charge in [0.05, 0.1) is 24.5 Å². The van der Waals surface area contributed by atoms with Crippen molar-refractivity contribution in [2.75, 3.05) is 20.2 Å². The molecule has 1 saturated carbocycles. The number of rotatable bonds is 4. The number of hydrogen-bond acceptors (Lipinski definition) is 4. The summed E-state index contributed by atoms with van der Waals surface area (Å²) in [7, 11) is 1.36. The van der Waals surface area contributed by atoms with Crippen LogP contribution in [0.1, 0.15) is 30.4 Å². The molecule has 0 aromatic heterocycles. The minimum absolute atomic E-state index is 0.0306. The van der Waals surface area contributed by atoms with Crippen molar-refractivity contribution < 1.29 is 19.4 Å². The quantitative estimate of drug-likeness (QED) is 0.853. The zero-order valence-electron chi connectivity index (χ0n) is 14.3. The molecule has 1 aromatic rings. The van der Waals surface area contributed by atoms with Crippen LogP contribution in [0.4, 0.5) is 0 Å². The van der Waals surface area contributed by atoms with E-state index in [0.717, 1.165) is 5.56 Å². The highest BCUT2D eigenvalue weighted by molar-refractivity contribution is 5.90. The first-order valence-electron chi connectivity index (χ1n) is 8.56. The van der Waals surface area contributed by atoms with Crippen molar-refractivity contribution in [2.45, 2.75) is 38.2 Å². The monoisotopic (exact) mass is 331 g/mol. The van der Waals surface area contributed by atoms with Gasteiger partial charge < -0.3 is 14.7 Å². The molecule has 1 N–H and O–H groups in total. The van der Waals surface area contributed by atoms with Crippen molar-refractivity contribution >= 4 is 11.9 Å². The van der Waals surface area contributed by atoms with Crippen molar-refractivity contribution in [1.82, 2.24) is 4.90 Å². The summed E-state index contributed by atoms with van der Waals surface area (Å²) in [6, 6.07) is 8.18. The number of amides is 1. The summed E-state index contributed by atoms with van der Waals surface area (Å²) in [5.41, 5.74) is 1.56. The van der Waals surface area contributed by atoms with Gasteiger partial charge in [0.2, 0.25) is 5.91 Å². The number of methoxy groups -OCH3 is 1. The number of likely N-dealkylation sites (tertiary alicyclic amines) is 1. The molecule has 0 spiro atoms. The van der Waals surface area contributed by atoms with E-state index in [9.17, 15) is 14.7 Å². The number of carbonyl (C=O) groups excluding carboxylic acids is 2. The van der Waals surface area contributed by atoms with Gasteiger partial charge in [-0.15, -0.1) is 0 Å². The normalized spacial score (nSPS) is 25.2. The van der Waals surface area contributed by atoms with Crippen LogP contribution in [0.5, 0.6) is 0 Å². The molecule has 1 aliphatic heterocycles. The highest BCUT2D eigenvalue weighted by Gasteiger charge is 2.51. The van der Waals surface area contributed by atoms with Gasteiger partial charge in [-0.2, -0.15) is 0 Å². The van der Waals surface area contributed by atoms with Gasteiger partial charge >= 0.3 is 5.97 Å². The fraction of sp³-hybridized carbons (Fsp3) is 0.579. The SMILES string of the molecule is COC(=O)C1CC1C(=O)N1CCC(O)(Cc2cccc(C)c2)CC1. The average Bonchev–Trinajstić information content (AvgIpc) is 3.34. The van der Waals surface area contributed by atoms with Crippen LogP contribution >= 0.6 is 0 Å². The van der Waals surface area contributed by atoms with E-state index in [1.165, 1.54) is 12.7 Å². The summed E-state index contributed by atoms with van der Waals surface area (Å²) >= 11 is 0. The van der Waals surface area contributed by atoms with Crippen molar-refractivity contribution in [3.05, 3.63) is 35.4 Å². The van der Waals surface area contributed by atoms with Crippen molar-refractivity contribution in [3.63, 3.8) is 0 Å². The maximum absolute atomic E-state index is 12.4. The highest BCUT2D eigenvalue weighted by atomic mass is 16.5. The van der Waals surface area contributed by atoms with E-state index >= 15 is 0 Å². The second-order valence-corrected chi connectivity index (χ2v) is 7.19. The molecule has 1 heterocycles. The molecule has 5 heteroatoms. The Labute approximate surface area is 142 Å². The molecule has 2 aliphatic rings. The lowest BCUT2D eigenvalue weighted by molar-refractivity contribution is -0.145. The molecule has 1 amide bonds. The fourth-order valence-corrected chi connectivity index (χ4v) is 3.64. The number of nitrogens with zero attached hydrogens (tertiary/aromatic N) is 1. The van der Waals surface area contributed by atoms with E-state index in [1.807, 2.05) is 25.1 Å². The fourth-order valence-electron chi connectivity index (χ4n) is 3.64. The minimum atomic E-state index is -0.754. The lowest BCUT2D eigenvalue weighted by atomic mass is 9.85. The molecule has 2 atom stereocenters. The first-order valence-corrected chi connectivity index (χ1v) is 8.56. The smallest absolute Gasteiger partial charge is 0.309 e. The lowest BCUT2D eigenvalue weighted by Gasteiger charge is -2.38. The van der Waals surface area contributed by atoms with Gasteiger partial charge in [0.15, 0.2) is 0 Å². The topological polar surface area (TPSA) is 66.8 Å². The number of benzene rings is 1. The summed E-state index contributed by atoms with van der Waals surface area (Å²) in [5.74, 6) is -0.750. The van der Waals surface area contributed by atoms with E-state index in [-0.39, 0.29) is 23.7 Å². The first-order chi connectivity index (χ1) is 11.4. The molecule has 5 nitrogen and oxygen atoms in total. The predicted octanol–water partition coefficient (Wildman–Crippen LogP) is 1.70. The number of ether oxygens (including phenoxy) is 1. The maximum Gasteiger partial charge on any atom is 0.309 e. The molecule has 1 aromatic carbocycles. The molecule has 24 heavy (non-hydrogen) atoms. The van der Waals surface area contributed by atoms with Gasteiger partial charge in [-0.3, -0.25) is 9.59 Å². The number of piperidine rings is 1. The van der Waals surface area contributed by atoms with Crippen LogP contribution in [-0.2, 0) is 20.7 Å². The van der Waals surface area contributed by atoms with Crippen molar-refractivity contribution in [1.29, 1.82) is 0 Å². The van der Waals surface area contributed by atoms with Crippen LogP contribution in [0.3, 0.4) is 0 Å². The zero-order chi connectivity index (χ0) is 17.3. The van der Waals surface area contributed by atoms with E-state index in [1.54, 1.807) is 4.90 Å². The Morgan fingerprint density at radius 2 is 2.00 bits per heavy atom. The number of aliphatic hydroxyl groups is 1. The Bertz CT molecular complexity index is 634. The van der Waals surface area contributed by atoms with Crippen LogP contribution in [0.15, 0.2) is 24.3 Å². The molecule has 2 fully saturated rings. The lowest BCUT2D eigenvalue weighted by Crippen LogP contribution is -2.48. The Morgan fingerprint density at radius 1 is 1.29 bits per heavy atom. The predicted molar refractivity (Wildman–Crippen MR) is 89.3 cm³/mol. The van der Waals surface area contributed by atoms with E-state index in [4.69, 9.17) is 4.74 Å². The van der Waals surface area contributed by atoms with Gasteiger partial charge in [-0.05, 0) is 31.7 Å². The molecule has 1 aliphatic carbocycles. The summed E-state index contributed by atoms with van der Waals surface area (Å²) in [4.78, 5) is 25.7. The Morgan fingerprint density at radius 3 is 2.62 bits per heavy atom. The van der Waals surface area contributed by atoms with Gasteiger partial charge in [0, 0.05) is 19.5 Å². The molecule has 0 bridgehead atoms. The molecular formula is C19H25NO4. The summed E-state index contributed by atoms with van der Waals surface area (Å²) in [6.45, 7) is 3.14. The zero-order valence-corrected chi connectivity index (χ0v) is 14.3. The van der Waals surface area contributed by atoms with Gasteiger partial charge in [0.25, 0.3) is 0 Å². The Hall–Kier alpha value is -1.88. The second kappa shape index (κ2) is 6.55. The van der Waals surface area contributed by atoms with Crippen molar-refractivity contribution in [2.24, 2.45) is 11.8 Å². The highest BCUT2D eigenvalue weighted by Crippen LogP contribution is 2.41. The minimum Gasteiger partial charge on any atom is -0.469 e. The van der Waals surface area contributed by atoms with Crippen LogP contribution in [0.2, 0.25) is 0 Å². The summed E-state index contributed by atoms with van der Waals surface area (Å²) < 4.78 is 4.70. The van der Waals surface area contributed by atoms with Gasteiger partial charge in [-0.1, -0.05) is 29.8 Å². The van der Waals surface area contributed by atoms with Crippen LogP contribution in [0, 0.1) is 18.8 Å². The molecular weight excluding hydrogens is 306 g/mol. The second-order valence-electron chi connectivity index (χ2n) is 7.19. The number of esters is 1. The van der Waals surface area contributed by atoms with Crippen LogP contribution in [-0.4, -0.2) is 47.7 Å². The van der Waals surface area contributed by atoms with Crippen LogP contribution < -0.4 is 0 Å². The molecule has 0 radical (unpaired) electrons. The number of hydrogen-bond donors (Lipinski definition) is 1. The largest absolute Gasteiger partial charge is 0.469 e.